The molecule has 4 aromatic rings. The quantitative estimate of drug-likeness (QED) is 0.347. The molecule has 1 aliphatic heterocycles. The molecule has 3 N–H and O–H groups in total. The van der Waals surface area contributed by atoms with Gasteiger partial charge in [0.2, 0.25) is 11.8 Å². The summed E-state index contributed by atoms with van der Waals surface area (Å²) in [7, 11) is -3.07. The zero-order valence-electron chi connectivity index (χ0n) is 20.5. The number of morpholine rings is 1. The van der Waals surface area contributed by atoms with Crippen LogP contribution in [0.15, 0.2) is 53.6 Å². The number of imidazole rings is 1. The molecule has 2 aromatic carbocycles. The standard InChI is InChI=1S/C25H26F2N6O4S/c1-36-24-21(31-38(34,35)23-5-3-18(26)14-19(23)27)12-17(15-29-24)16-2-4-20-22(13-16)33(25(28)30-20)7-6-32-8-10-37-11-9-32/h2-5,12-15,31H,6-11H2,1H3,(H2,28,30). The van der Waals surface area contributed by atoms with Gasteiger partial charge in [0.1, 0.15) is 22.2 Å². The molecule has 1 aliphatic rings. The summed E-state index contributed by atoms with van der Waals surface area (Å²) in [6.45, 7) is 4.55. The first kappa shape index (κ1) is 25.8. The van der Waals surface area contributed by atoms with E-state index < -0.39 is 26.6 Å². The summed E-state index contributed by atoms with van der Waals surface area (Å²) in [5.74, 6) is -1.72. The summed E-state index contributed by atoms with van der Waals surface area (Å²) in [5, 5.41) is 0. The molecule has 200 valence electrons. The van der Waals surface area contributed by atoms with Crippen LogP contribution in [0.3, 0.4) is 0 Å². The number of benzene rings is 2. The number of methoxy groups -OCH3 is 1. The number of aromatic nitrogens is 3. The first-order chi connectivity index (χ1) is 18.2. The lowest BCUT2D eigenvalue weighted by Crippen LogP contribution is -2.38. The van der Waals surface area contributed by atoms with Crippen molar-refractivity contribution in [2.24, 2.45) is 0 Å². The van der Waals surface area contributed by atoms with Gasteiger partial charge >= 0.3 is 0 Å². The van der Waals surface area contributed by atoms with Gasteiger partial charge in [0.05, 0.1) is 31.4 Å². The average Bonchev–Trinajstić information content (AvgIpc) is 3.21. The number of nitrogens with zero attached hydrogens (tertiary/aromatic N) is 4. The van der Waals surface area contributed by atoms with Crippen LogP contribution in [0, 0.1) is 11.6 Å². The van der Waals surface area contributed by atoms with Crippen molar-refractivity contribution in [3.05, 3.63) is 60.3 Å². The van der Waals surface area contributed by atoms with E-state index >= 15 is 0 Å². The molecule has 0 unspecified atom stereocenters. The van der Waals surface area contributed by atoms with Crippen molar-refractivity contribution in [2.75, 3.05) is 50.4 Å². The Bertz CT molecular complexity index is 1590. The second kappa shape index (κ2) is 10.5. The fourth-order valence-corrected chi connectivity index (χ4v) is 5.47. The molecule has 0 spiro atoms. The first-order valence-corrected chi connectivity index (χ1v) is 13.3. The van der Waals surface area contributed by atoms with Crippen molar-refractivity contribution in [2.45, 2.75) is 11.4 Å². The summed E-state index contributed by atoms with van der Waals surface area (Å²) in [4.78, 5) is 10.3. The van der Waals surface area contributed by atoms with E-state index in [0.717, 1.165) is 48.4 Å². The normalized spacial score (nSPS) is 14.6. The van der Waals surface area contributed by atoms with Crippen LogP contribution in [0.1, 0.15) is 0 Å². The van der Waals surface area contributed by atoms with Gasteiger partial charge in [-0.05, 0) is 35.9 Å². The molecule has 0 bridgehead atoms. The van der Waals surface area contributed by atoms with Crippen molar-refractivity contribution in [1.29, 1.82) is 0 Å². The van der Waals surface area contributed by atoms with Crippen LogP contribution in [0.2, 0.25) is 0 Å². The highest BCUT2D eigenvalue weighted by Gasteiger charge is 2.22. The van der Waals surface area contributed by atoms with Crippen molar-refractivity contribution >= 4 is 32.7 Å². The molecular formula is C25H26F2N6O4S. The predicted octanol–water partition coefficient (Wildman–Crippen LogP) is 3.10. The van der Waals surface area contributed by atoms with Crippen LogP contribution >= 0.6 is 0 Å². The molecule has 2 aromatic heterocycles. The Labute approximate surface area is 218 Å². The molecule has 38 heavy (non-hydrogen) atoms. The number of fused-ring (bicyclic) bond motifs is 1. The summed E-state index contributed by atoms with van der Waals surface area (Å²) in [5.41, 5.74) is 9.06. The fraction of sp³-hybridized carbons (Fsp3) is 0.280. The van der Waals surface area contributed by atoms with E-state index in [-0.39, 0.29) is 11.6 Å². The van der Waals surface area contributed by atoms with E-state index in [9.17, 15) is 17.2 Å². The molecule has 10 nitrogen and oxygen atoms in total. The maximum atomic E-state index is 14.2. The Balaban J connectivity index is 1.46. The molecule has 1 fully saturated rings. The molecular weight excluding hydrogens is 518 g/mol. The van der Waals surface area contributed by atoms with Gasteiger partial charge in [0.25, 0.3) is 10.0 Å². The maximum absolute atomic E-state index is 14.2. The molecule has 3 heterocycles. The second-order valence-electron chi connectivity index (χ2n) is 8.74. The SMILES string of the molecule is COc1ncc(-c2ccc3nc(N)n(CCN4CCOCC4)c3c2)cc1NS(=O)(=O)c1ccc(F)cc1F. The Morgan fingerprint density at radius 3 is 2.61 bits per heavy atom. The minimum Gasteiger partial charge on any atom is -0.480 e. The van der Waals surface area contributed by atoms with Crippen LogP contribution in [0.5, 0.6) is 5.88 Å². The van der Waals surface area contributed by atoms with Crippen LogP contribution in [-0.4, -0.2) is 67.8 Å². The third kappa shape index (κ3) is 5.26. The highest BCUT2D eigenvalue weighted by atomic mass is 32.2. The Hall–Kier alpha value is -3.81. The van der Waals surface area contributed by atoms with Crippen molar-refractivity contribution in [1.82, 2.24) is 19.4 Å². The highest BCUT2D eigenvalue weighted by molar-refractivity contribution is 7.92. The van der Waals surface area contributed by atoms with Gasteiger partial charge in [-0.15, -0.1) is 0 Å². The van der Waals surface area contributed by atoms with Crippen LogP contribution < -0.4 is 15.2 Å². The van der Waals surface area contributed by atoms with Crippen LogP contribution in [0.4, 0.5) is 20.4 Å². The largest absolute Gasteiger partial charge is 0.480 e. The van der Waals surface area contributed by atoms with E-state index in [4.69, 9.17) is 15.2 Å². The molecule has 5 rings (SSSR count). The van der Waals surface area contributed by atoms with Crippen molar-refractivity contribution < 1.29 is 26.7 Å². The van der Waals surface area contributed by atoms with Gasteiger partial charge in [-0.25, -0.2) is 27.2 Å². The fourth-order valence-electron chi connectivity index (χ4n) is 4.36. The molecule has 0 amide bonds. The van der Waals surface area contributed by atoms with Crippen LogP contribution in [0.25, 0.3) is 22.2 Å². The van der Waals surface area contributed by atoms with Gasteiger partial charge in [-0.1, -0.05) is 6.07 Å². The second-order valence-corrected chi connectivity index (χ2v) is 10.4. The smallest absolute Gasteiger partial charge is 0.264 e. The zero-order valence-corrected chi connectivity index (χ0v) is 21.3. The third-order valence-corrected chi connectivity index (χ3v) is 7.73. The Kier molecular flexibility index (Phi) is 7.15. The number of nitrogens with one attached hydrogen (secondary N) is 1. The summed E-state index contributed by atoms with van der Waals surface area (Å²) in [6.07, 6.45) is 1.54. The van der Waals surface area contributed by atoms with Crippen LogP contribution in [-0.2, 0) is 21.3 Å². The Morgan fingerprint density at radius 2 is 1.87 bits per heavy atom. The molecule has 0 aliphatic carbocycles. The molecule has 0 radical (unpaired) electrons. The van der Waals surface area contributed by atoms with E-state index in [0.29, 0.717) is 37.3 Å². The van der Waals surface area contributed by atoms with Gasteiger partial charge in [-0.2, -0.15) is 0 Å². The number of nitrogen functional groups attached to an aromatic ring is 1. The number of nitrogens with two attached hydrogens (primary N) is 1. The summed E-state index contributed by atoms with van der Waals surface area (Å²) < 4.78 is 68.1. The number of rotatable bonds is 8. The number of ether oxygens (including phenoxy) is 2. The monoisotopic (exact) mass is 544 g/mol. The molecule has 13 heteroatoms. The highest BCUT2D eigenvalue weighted by Crippen LogP contribution is 2.32. The summed E-state index contributed by atoms with van der Waals surface area (Å²) >= 11 is 0. The van der Waals surface area contributed by atoms with Gasteiger partial charge in [-0.3, -0.25) is 9.62 Å². The zero-order chi connectivity index (χ0) is 26.9. The topological polar surface area (TPSA) is 125 Å². The molecule has 0 saturated carbocycles. The first-order valence-electron chi connectivity index (χ1n) is 11.8. The van der Waals surface area contributed by atoms with E-state index in [1.165, 1.54) is 19.4 Å². The van der Waals surface area contributed by atoms with E-state index in [1.54, 1.807) is 0 Å². The molecule has 1 saturated heterocycles. The number of sulfonamides is 1. The van der Waals surface area contributed by atoms with Crippen molar-refractivity contribution in [3.8, 4) is 17.0 Å². The van der Waals surface area contributed by atoms with Crippen molar-refractivity contribution in [3.63, 3.8) is 0 Å². The molecule has 0 atom stereocenters. The Morgan fingerprint density at radius 1 is 1.08 bits per heavy atom. The maximum Gasteiger partial charge on any atom is 0.264 e. The van der Waals surface area contributed by atoms with Gasteiger partial charge < -0.3 is 19.8 Å². The van der Waals surface area contributed by atoms with E-state index in [2.05, 4.69) is 19.6 Å². The number of anilines is 2. The third-order valence-electron chi connectivity index (χ3n) is 6.33. The lowest BCUT2D eigenvalue weighted by atomic mass is 10.1. The minimum atomic E-state index is -4.40. The number of halogens is 2. The van der Waals surface area contributed by atoms with Gasteiger partial charge in [0, 0.05) is 44.0 Å². The summed E-state index contributed by atoms with van der Waals surface area (Å²) in [6, 6.07) is 9.31. The lowest BCUT2D eigenvalue weighted by Gasteiger charge is -2.26. The number of pyridine rings is 1. The minimum absolute atomic E-state index is 0.00541. The van der Waals surface area contributed by atoms with E-state index in [1.807, 2.05) is 22.8 Å². The average molecular weight is 545 g/mol. The predicted molar refractivity (Wildman–Crippen MR) is 138 cm³/mol. The number of hydrogen-bond donors (Lipinski definition) is 2. The van der Waals surface area contributed by atoms with Gasteiger partial charge in [0.15, 0.2) is 0 Å². The number of hydrogen-bond acceptors (Lipinski definition) is 8. The lowest BCUT2D eigenvalue weighted by molar-refractivity contribution is 0.0366.